The molecule has 0 unspecified atom stereocenters. The standard InChI is InChI=1S/C27H28O3S/c1-4-27(3,26(28)29)31-25-16-14-24(15-17-25)30-19-18-20(2)21-10-12-23(13-11-21)22-8-6-5-7-9-22/h5-18H,4,19H2,1-3H3,(H,28,29)/t27-/m0/s1. The van der Waals surface area contributed by atoms with Crippen LogP contribution in [0.4, 0.5) is 0 Å². The fourth-order valence-corrected chi connectivity index (χ4v) is 4.09. The van der Waals surface area contributed by atoms with Gasteiger partial charge in [0.25, 0.3) is 0 Å². The number of hydrogen-bond donors (Lipinski definition) is 1. The van der Waals surface area contributed by atoms with Gasteiger partial charge in [0.1, 0.15) is 17.1 Å². The number of allylic oxidation sites excluding steroid dienone is 1. The monoisotopic (exact) mass is 432 g/mol. The van der Waals surface area contributed by atoms with Crippen LogP contribution in [0.5, 0.6) is 5.75 Å². The van der Waals surface area contributed by atoms with Gasteiger partial charge in [-0.25, -0.2) is 0 Å². The third-order valence-corrected chi connectivity index (χ3v) is 6.80. The third kappa shape index (κ3) is 6.02. The molecule has 0 fully saturated rings. The maximum absolute atomic E-state index is 11.5. The van der Waals surface area contributed by atoms with Crippen LogP contribution in [-0.4, -0.2) is 22.4 Å². The molecule has 3 nitrogen and oxygen atoms in total. The van der Waals surface area contributed by atoms with Gasteiger partial charge in [-0.15, -0.1) is 11.8 Å². The van der Waals surface area contributed by atoms with Gasteiger partial charge < -0.3 is 9.84 Å². The van der Waals surface area contributed by atoms with Gasteiger partial charge in [-0.05, 0) is 72.9 Å². The van der Waals surface area contributed by atoms with Gasteiger partial charge in [-0.1, -0.05) is 61.5 Å². The first kappa shape index (κ1) is 22.7. The first-order chi connectivity index (χ1) is 14.9. The Labute approximate surface area is 188 Å². The van der Waals surface area contributed by atoms with Crippen LogP contribution in [0.15, 0.2) is 89.8 Å². The minimum atomic E-state index is -0.821. The van der Waals surface area contributed by atoms with Crippen molar-refractivity contribution in [2.24, 2.45) is 0 Å². The molecule has 0 amide bonds. The van der Waals surface area contributed by atoms with Crippen LogP contribution < -0.4 is 4.74 Å². The summed E-state index contributed by atoms with van der Waals surface area (Å²) in [6.07, 6.45) is 2.63. The molecule has 4 heteroatoms. The van der Waals surface area contributed by atoms with Gasteiger partial charge in [0.15, 0.2) is 0 Å². The van der Waals surface area contributed by atoms with Crippen molar-refractivity contribution in [1.82, 2.24) is 0 Å². The number of thioether (sulfide) groups is 1. The van der Waals surface area contributed by atoms with Crippen LogP contribution >= 0.6 is 11.8 Å². The first-order valence-corrected chi connectivity index (χ1v) is 11.2. The Hall–Kier alpha value is -2.98. The molecule has 160 valence electrons. The fourth-order valence-electron chi connectivity index (χ4n) is 3.07. The van der Waals surface area contributed by atoms with Crippen molar-refractivity contribution in [1.29, 1.82) is 0 Å². The summed E-state index contributed by atoms with van der Waals surface area (Å²) < 4.78 is 5.03. The van der Waals surface area contributed by atoms with Gasteiger partial charge in [-0.3, -0.25) is 4.79 Å². The topological polar surface area (TPSA) is 46.5 Å². The Morgan fingerprint density at radius 2 is 1.58 bits per heavy atom. The van der Waals surface area contributed by atoms with E-state index in [0.717, 1.165) is 16.2 Å². The molecule has 0 aliphatic carbocycles. The van der Waals surface area contributed by atoms with E-state index in [0.29, 0.717) is 13.0 Å². The van der Waals surface area contributed by atoms with E-state index in [1.54, 1.807) is 6.92 Å². The molecule has 31 heavy (non-hydrogen) atoms. The number of benzene rings is 3. The number of carboxylic acid groups (broad SMARTS) is 1. The zero-order valence-electron chi connectivity index (χ0n) is 18.2. The van der Waals surface area contributed by atoms with Crippen LogP contribution in [0.25, 0.3) is 16.7 Å². The molecule has 0 aliphatic rings. The molecule has 0 spiro atoms. The van der Waals surface area contributed by atoms with Gasteiger partial charge in [0.05, 0.1) is 0 Å². The maximum atomic E-state index is 11.5. The molecule has 1 N–H and O–H groups in total. The molecule has 3 aromatic carbocycles. The molecule has 3 rings (SSSR count). The number of carboxylic acids is 1. The molecule has 0 saturated carbocycles. The Balaban J connectivity index is 1.57. The van der Waals surface area contributed by atoms with Crippen LogP contribution in [-0.2, 0) is 4.79 Å². The second-order valence-electron chi connectivity index (χ2n) is 7.60. The Morgan fingerprint density at radius 3 is 2.16 bits per heavy atom. The van der Waals surface area contributed by atoms with Crippen LogP contribution in [0.3, 0.4) is 0 Å². The van der Waals surface area contributed by atoms with Crippen LogP contribution in [0.2, 0.25) is 0 Å². The Bertz CT molecular complexity index is 1020. The van der Waals surface area contributed by atoms with Crippen molar-refractivity contribution in [2.75, 3.05) is 6.61 Å². The minimum absolute atomic E-state index is 0.473. The van der Waals surface area contributed by atoms with Crippen molar-refractivity contribution in [2.45, 2.75) is 36.8 Å². The fraction of sp³-hybridized carbons (Fsp3) is 0.222. The summed E-state index contributed by atoms with van der Waals surface area (Å²) in [5.74, 6) is -0.0286. The summed E-state index contributed by atoms with van der Waals surface area (Å²) in [7, 11) is 0. The molecule has 0 heterocycles. The third-order valence-electron chi connectivity index (χ3n) is 5.38. The average molecular weight is 433 g/mol. The van der Waals surface area contributed by atoms with Crippen molar-refractivity contribution < 1.29 is 14.6 Å². The van der Waals surface area contributed by atoms with Crippen molar-refractivity contribution in [3.8, 4) is 16.9 Å². The lowest BCUT2D eigenvalue weighted by Crippen LogP contribution is -2.30. The second-order valence-corrected chi connectivity index (χ2v) is 9.18. The molecule has 0 bridgehead atoms. The highest BCUT2D eigenvalue weighted by atomic mass is 32.2. The highest BCUT2D eigenvalue weighted by Crippen LogP contribution is 2.36. The van der Waals surface area contributed by atoms with Gasteiger partial charge >= 0.3 is 5.97 Å². The zero-order valence-corrected chi connectivity index (χ0v) is 19.0. The molecular formula is C27H28O3S. The number of hydrogen-bond acceptors (Lipinski definition) is 3. The van der Waals surface area contributed by atoms with E-state index < -0.39 is 10.7 Å². The van der Waals surface area contributed by atoms with E-state index in [-0.39, 0.29) is 0 Å². The summed E-state index contributed by atoms with van der Waals surface area (Å²) >= 11 is 1.37. The lowest BCUT2D eigenvalue weighted by Gasteiger charge is -2.22. The van der Waals surface area contributed by atoms with E-state index in [1.165, 1.54) is 28.5 Å². The molecule has 0 aliphatic heterocycles. The molecule has 0 radical (unpaired) electrons. The number of carbonyl (C=O) groups is 1. The van der Waals surface area contributed by atoms with E-state index in [1.807, 2.05) is 49.4 Å². The van der Waals surface area contributed by atoms with Crippen molar-refractivity contribution in [3.63, 3.8) is 0 Å². The van der Waals surface area contributed by atoms with E-state index >= 15 is 0 Å². The predicted molar refractivity (Wildman–Crippen MR) is 130 cm³/mol. The summed E-state index contributed by atoms with van der Waals surface area (Å²) in [5, 5.41) is 9.43. The summed E-state index contributed by atoms with van der Waals surface area (Å²) in [6, 6.07) is 26.5. The predicted octanol–water partition coefficient (Wildman–Crippen LogP) is 7.18. The molecule has 1 atom stereocenters. The lowest BCUT2D eigenvalue weighted by atomic mass is 10.0. The number of aliphatic carboxylic acids is 1. The second kappa shape index (κ2) is 10.4. The number of ether oxygens (including phenoxy) is 1. The number of rotatable bonds is 9. The molecule has 0 saturated heterocycles. The highest BCUT2D eigenvalue weighted by Gasteiger charge is 2.32. The Morgan fingerprint density at radius 1 is 0.968 bits per heavy atom. The summed E-state index contributed by atoms with van der Waals surface area (Å²) in [4.78, 5) is 12.4. The quantitative estimate of drug-likeness (QED) is 0.364. The van der Waals surface area contributed by atoms with E-state index in [4.69, 9.17) is 4.74 Å². The summed E-state index contributed by atoms with van der Waals surface area (Å²) in [5.41, 5.74) is 4.74. The average Bonchev–Trinajstić information content (AvgIpc) is 2.80. The van der Waals surface area contributed by atoms with Gasteiger partial charge in [0, 0.05) is 4.90 Å². The first-order valence-electron chi connectivity index (χ1n) is 10.4. The SMILES string of the molecule is CC[C@](C)(Sc1ccc(OCC=C(C)c2ccc(-c3ccccc3)cc2)cc1)C(=O)O. The molecule has 0 aromatic heterocycles. The molecule has 3 aromatic rings. The molecular weight excluding hydrogens is 404 g/mol. The van der Waals surface area contributed by atoms with Crippen molar-refractivity contribution in [3.05, 3.63) is 90.5 Å². The van der Waals surface area contributed by atoms with E-state index in [9.17, 15) is 9.90 Å². The normalized spacial score (nSPS) is 13.5. The highest BCUT2D eigenvalue weighted by molar-refractivity contribution is 8.01. The van der Waals surface area contributed by atoms with Crippen LogP contribution in [0, 0.1) is 0 Å². The smallest absolute Gasteiger partial charge is 0.319 e. The van der Waals surface area contributed by atoms with E-state index in [2.05, 4.69) is 49.4 Å². The van der Waals surface area contributed by atoms with Gasteiger partial charge in [-0.2, -0.15) is 0 Å². The zero-order chi connectivity index (χ0) is 22.3. The minimum Gasteiger partial charge on any atom is -0.490 e. The van der Waals surface area contributed by atoms with Crippen LogP contribution in [0.1, 0.15) is 32.8 Å². The Kier molecular flexibility index (Phi) is 7.59. The van der Waals surface area contributed by atoms with Crippen molar-refractivity contribution >= 4 is 23.3 Å². The summed E-state index contributed by atoms with van der Waals surface area (Å²) in [6.45, 7) is 6.20. The lowest BCUT2D eigenvalue weighted by molar-refractivity contribution is -0.139. The largest absolute Gasteiger partial charge is 0.490 e. The maximum Gasteiger partial charge on any atom is 0.319 e. The van der Waals surface area contributed by atoms with Gasteiger partial charge in [0.2, 0.25) is 0 Å².